The molecule has 5 rings (SSSR count). The van der Waals surface area contributed by atoms with Crippen LogP contribution in [0.3, 0.4) is 0 Å². The van der Waals surface area contributed by atoms with Crippen LogP contribution in [-0.4, -0.2) is 67.3 Å². The third-order valence-corrected chi connectivity index (χ3v) is 10.0. The fraction of sp³-hybridized carbons (Fsp3) is 0.500. The molecule has 37 heavy (non-hydrogen) atoms. The first-order valence-electron chi connectivity index (χ1n) is 13.3. The Morgan fingerprint density at radius 3 is 2.27 bits per heavy atom. The minimum Gasteiger partial charge on any atom is -0.352 e. The Bertz CT molecular complexity index is 1220. The van der Waals surface area contributed by atoms with E-state index in [1.807, 2.05) is 37.3 Å². The number of sulfonamides is 1. The van der Waals surface area contributed by atoms with Gasteiger partial charge in [0, 0.05) is 24.8 Å². The number of nitrogens with zero attached hydrogens (tertiary/aromatic N) is 3. The molecule has 0 atom stereocenters. The van der Waals surface area contributed by atoms with Gasteiger partial charge in [-0.05, 0) is 56.9 Å². The van der Waals surface area contributed by atoms with Gasteiger partial charge in [0.15, 0.2) is 0 Å². The largest absolute Gasteiger partial charge is 0.352 e. The Labute approximate surface area is 219 Å². The first-order chi connectivity index (χ1) is 17.8. The summed E-state index contributed by atoms with van der Waals surface area (Å²) in [5, 5.41) is 3.12. The van der Waals surface area contributed by atoms with Gasteiger partial charge in [-0.2, -0.15) is 4.31 Å². The van der Waals surface area contributed by atoms with Crippen molar-refractivity contribution in [3.05, 3.63) is 60.2 Å². The van der Waals surface area contributed by atoms with E-state index in [1.165, 1.54) is 10.7 Å². The number of nitrogens with one attached hydrogen (secondary N) is 1. The first-order valence-corrected chi connectivity index (χ1v) is 14.7. The van der Waals surface area contributed by atoms with E-state index in [1.54, 1.807) is 29.2 Å². The minimum atomic E-state index is -3.65. The summed E-state index contributed by atoms with van der Waals surface area (Å²) in [5.41, 5.74) is 1.03. The maximum absolute atomic E-state index is 13.9. The number of aryl methyl sites for hydroxylation is 1. The second kappa shape index (κ2) is 10.5. The van der Waals surface area contributed by atoms with Crippen LogP contribution >= 0.6 is 0 Å². The Morgan fingerprint density at radius 1 is 0.973 bits per heavy atom. The van der Waals surface area contributed by atoms with Crippen LogP contribution in [0.1, 0.15) is 50.5 Å². The van der Waals surface area contributed by atoms with Crippen LogP contribution in [-0.2, 0) is 19.6 Å². The van der Waals surface area contributed by atoms with Gasteiger partial charge in [-0.1, -0.05) is 55.2 Å². The molecule has 2 aromatic carbocycles. The molecule has 198 valence electrons. The van der Waals surface area contributed by atoms with Gasteiger partial charge in [-0.3, -0.25) is 9.59 Å². The molecule has 3 fully saturated rings. The van der Waals surface area contributed by atoms with Crippen LogP contribution in [0.2, 0.25) is 0 Å². The van der Waals surface area contributed by atoms with E-state index in [0.717, 1.165) is 36.9 Å². The Hall–Kier alpha value is -2.91. The molecule has 1 saturated carbocycles. The number of piperidine rings is 1. The smallest absolute Gasteiger partial charge is 0.250 e. The van der Waals surface area contributed by atoms with Crippen molar-refractivity contribution in [2.75, 3.05) is 31.2 Å². The highest BCUT2D eigenvalue weighted by Crippen LogP contribution is 2.40. The van der Waals surface area contributed by atoms with E-state index in [4.69, 9.17) is 0 Å². The van der Waals surface area contributed by atoms with Crippen LogP contribution in [0.15, 0.2) is 59.5 Å². The van der Waals surface area contributed by atoms with Crippen LogP contribution in [0.25, 0.3) is 0 Å². The lowest BCUT2D eigenvalue weighted by atomic mass is 9.86. The highest BCUT2D eigenvalue weighted by molar-refractivity contribution is 7.89. The standard InChI is InChI=1S/C28H36N4O4S/c1-22-12-14-25(15-13-22)37(35,36)31-18-16-28(17-19-31)27(34)30(21-32(28)24-10-6-3-7-11-24)20-26(33)29-23-8-4-2-5-9-23/h3,6-7,10-15,23H,2,4-5,8-9,16-21H2,1H3,(H,29,33). The minimum absolute atomic E-state index is 0.0196. The second-order valence-electron chi connectivity index (χ2n) is 10.6. The van der Waals surface area contributed by atoms with Crippen molar-refractivity contribution in [2.24, 2.45) is 0 Å². The van der Waals surface area contributed by atoms with E-state index < -0.39 is 15.6 Å². The van der Waals surface area contributed by atoms with Gasteiger partial charge in [-0.25, -0.2) is 8.42 Å². The predicted molar refractivity (Wildman–Crippen MR) is 142 cm³/mol. The monoisotopic (exact) mass is 524 g/mol. The highest BCUT2D eigenvalue weighted by atomic mass is 32.2. The zero-order chi connectivity index (χ0) is 26.0. The maximum atomic E-state index is 13.9. The lowest BCUT2D eigenvalue weighted by Crippen LogP contribution is -2.57. The summed E-state index contributed by atoms with van der Waals surface area (Å²) in [6.07, 6.45) is 6.18. The summed E-state index contributed by atoms with van der Waals surface area (Å²) < 4.78 is 28.1. The lowest BCUT2D eigenvalue weighted by molar-refractivity contribution is -0.137. The lowest BCUT2D eigenvalue weighted by Gasteiger charge is -2.42. The molecule has 2 aromatic rings. The van der Waals surface area contributed by atoms with Crippen LogP contribution < -0.4 is 10.2 Å². The fourth-order valence-corrected chi connectivity index (χ4v) is 7.41. The number of para-hydroxylation sites is 1. The summed E-state index contributed by atoms with van der Waals surface area (Å²) in [7, 11) is -3.65. The van der Waals surface area contributed by atoms with Crippen molar-refractivity contribution < 1.29 is 18.0 Å². The highest BCUT2D eigenvalue weighted by Gasteiger charge is 2.55. The topological polar surface area (TPSA) is 90.0 Å². The second-order valence-corrected chi connectivity index (χ2v) is 12.5. The van der Waals surface area contributed by atoms with Gasteiger partial charge < -0.3 is 15.1 Å². The zero-order valence-corrected chi connectivity index (χ0v) is 22.3. The van der Waals surface area contributed by atoms with Crippen molar-refractivity contribution in [3.63, 3.8) is 0 Å². The van der Waals surface area contributed by atoms with E-state index in [-0.39, 0.29) is 42.4 Å². The molecule has 0 aromatic heterocycles. The average Bonchev–Trinajstić information content (AvgIpc) is 3.16. The van der Waals surface area contributed by atoms with Gasteiger partial charge >= 0.3 is 0 Å². The molecule has 2 aliphatic heterocycles. The van der Waals surface area contributed by atoms with Crippen LogP contribution in [0.5, 0.6) is 0 Å². The molecule has 1 N–H and O–H groups in total. The van der Waals surface area contributed by atoms with E-state index in [0.29, 0.717) is 19.5 Å². The number of hydrogen-bond donors (Lipinski definition) is 1. The van der Waals surface area contributed by atoms with Crippen molar-refractivity contribution in [1.82, 2.24) is 14.5 Å². The Morgan fingerprint density at radius 2 is 1.62 bits per heavy atom. The normalized spacial score (nSPS) is 20.9. The van der Waals surface area contributed by atoms with Gasteiger partial charge in [0.1, 0.15) is 12.1 Å². The molecule has 9 heteroatoms. The van der Waals surface area contributed by atoms with Crippen molar-refractivity contribution in [3.8, 4) is 0 Å². The first kappa shape index (κ1) is 25.7. The number of rotatable bonds is 6. The maximum Gasteiger partial charge on any atom is 0.250 e. The molecule has 2 amide bonds. The summed E-state index contributed by atoms with van der Waals surface area (Å²) in [6, 6.07) is 16.8. The van der Waals surface area contributed by atoms with E-state index >= 15 is 0 Å². The summed E-state index contributed by atoms with van der Waals surface area (Å²) >= 11 is 0. The van der Waals surface area contributed by atoms with Gasteiger partial charge in [0.05, 0.1) is 11.6 Å². The molecule has 2 saturated heterocycles. The predicted octanol–water partition coefficient (Wildman–Crippen LogP) is 3.27. The molecule has 8 nitrogen and oxygen atoms in total. The summed E-state index contributed by atoms with van der Waals surface area (Å²) in [4.78, 5) is 30.7. The molecule has 0 unspecified atom stereocenters. The number of hydrogen-bond acceptors (Lipinski definition) is 5. The molecule has 2 heterocycles. The molecule has 3 aliphatic rings. The van der Waals surface area contributed by atoms with Crippen molar-refractivity contribution in [2.45, 2.75) is 68.3 Å². The number of benzene rings is 2. The Kier molecular flexibility index (Phi) is 7.27. The average molecular weight is 525 g/mol. The van der Waals surface area contributed by atoms with Crippen molar-refractivity contribution >= 4 is 27.5 Å². The zero-order valence-electron chi connectivity index (χ0n) is 21.4. The molecular weight excluding hydrogens is 488 g/mol. The molecule has 1 spiro atoms. The molecular formula is C28H36N4O4S. The molecule has 0 radical (unpaired) electrons. The quantitative estimate of drug-likeness (QED) is 0.627. The number of carbonyl (C=O) groups excluding carboxylic acids is 2. The molecule has 0 bridgehead atoms. The third-order valence-electron chi connectivity index (χ3n) is 8.10. The third kappa shape index (κ3) is 5.11. The van der Waals surface area contributed by atoms with Crippen molar-refractivity contribution in [1.29, 1.82) is 0 Å². The van der Waals surface area contributed by atoms with Crippen LogP contribution in [0, 0.1) is 6.92 Å². The fourth-order valence-electron chi connectivity index (χ4n) is 5.97. The molecule has 1 aliphatic carbocycles. The van der Waals surface area contributed by atoms with Gasteiger partial charge in [0.25, 0.3) is 0 Å². The van der Waals surface area contributed by atoms with Gasteiger partial charge in [-0.15, -0.1) is 0 Å². The summed E-state index contributed by atoms with van der Waals surface area (Å²) in [5.74, 6) is -0.216. The number of carbonyl (C=O) groups is 2. The Balaban J connectivity index is 1.34. The van der Waals surface area contributed by atoms with Gasteiger partial charge in [0.2, 0.25) is 21.8 Å². The van der Waals surface area contributed by atoms with Crippen LogP contribution in [0.4, 0.5) is 5.69 Å². The van der Waals surface area contributed by atoms with E-state index in [9.17, 15) is 18.0 Å². The SMILES string of the molecule is Cc1ccc(S(=O)(=O)N2CCC3(CC2)C(=O)N(CC(=O)NC2CCCCC2)CN3c2ccccc2)cc1. The summed E-state index contributed by atoms with van der Waals surface area (Å²) in [6.45, 7) is 2.74. The number of anilines is 1. The van der Waals surface area contributed by atoms with E-state index in [2.05, 4.69) is 10.2 Å². The number of amides is 2.